The van der Waals surface area contributed by atoms with Crippen molar-refractivity contribution in [3.8, 4) is 0 Å². The summed E-state index contributed by atoms with van der Waals surface area (Å²) in [5, 5.41) is 0.827. The van der Waals surface area contributed by atoms with Gasteiger partial charge in [-0.3, -0.25) is 19.4 Å². The summed E-state index contributed by atoms with van der Waals surface area (Å²) in [6.45, 7) is 0.225. The highest BCUT2D eigenvalue weighted by Crippen LogP contribution is 2.22. The monoisotopic (exact) mass is 268 g/mol. The van der Waals surface area contributed by atoms with Crippen LogP contribution in [0.25, 0.3) is 0 Å². The van der Waals surface area contributed by atoms with Gasteiger partial charge in [0.25, 0.3) is 11.8 Å². The smallest absolute Gasteiger partial charge is 0.266 e. The van der Waals surface area contributed by atoms with E-state index in [9.17, 15) is 9.59 Å². The maximum Gasteiger partial charge on any atom is 0.285 e. The summed E-state index contributed by atoms with van der Waals surface area (Å²) in [6, 6.07) is 12.3. The summed E-state index contributed by atoms with van der Waals surface area (Å²) in [7, 11) is 0. The van der Waals surface area contributed by atoms with E-state index in [0.29, 0.717) is 17.5 Å². The third-order valence-corrected chi connectivity index (χ3v) is 3.06. The fourth-order valence-electron chi connectivity index (χ4n) is 2.07. The predicted molar refractivity (Wildman–Crippen MR) is 70.8 cm³/mol. The first-order valence-corrected chi connectivity index (χ1v) is 6.28. The average Bonchev–Trinajstić information content (AvgIpc) is 2.74. The van der Waals surface area contributed by atoms with Crippen LogP contribution in [-0.2, 0) is 11.3 Å². The van der Waals surface area contributed by atoms with Crippen molar-refractivity contribution in [2.75, 3.05) is 6.61 Å². The number of imide groups is 1. The van der Waals surface area contributed by atoms with Crippen LogP contribution in [0.3, 0.4) is 0 Å². The number of nitrogens with zero attached hydrogens (tertiary/aromatic N) is 2. The topological polar surface area (TPSA) is 59.5 Å². The predicted octanol–water partition coefficient (Wildman–Crippen LogP) is 1.85. The maximum absolute atomic E-state index is 12.0. The first-order valence-electron chi connectivity index (χ1n) is 6.28. The van der Waals surface area contributed by atoms with E-state index in [1.165, 1.54) is 0 Å². The molecule has 0 aliphatic carbocycles. The summed E-state index contributed by atoms with van der Waals surface area (Å²) in [5.74, 6) is -0.821. The molecule has 0 saturated heterocycles. The molecule has 5 heteroatoms. The zero-order chi connectivity index (χ0) is 13.9. The van der Waals surface area contributed by atoms with Crippen LogP contribution in [0.5, 0.6) is 0 Å². The lowest BCUT2D eigenvalue weighted by molar-refractivity contribution is -0.0903. The molecule has 20 heavy (non-hydrogen) atoms. The Hall–Kier alpha value is -2.53. The van der Waals surface area contributed by atoms with Gasteiger partial charge in [-0.15, -0.1) is 5.06 Å². The average molecular weight is 268 g/mol. The highest BCUT2D eigenvalue weighted by atomic mass is 16.7. The van der Waals surface area contributed by atoms with Crippen LogP contribution in [0.15, 0.2) is 48.7 Å². The molecular weight excluding hydrogens is 256 g/mol. The summed E-state index contributed by atoms with van der Waals surface area (Å²) < 4.78 is 0. The lowest BCUT2D eigenvalue weighted by Crippen LogP contribution is -2.30. The first-order chi connectivity index (χ1) is 9.77. The fraction of sp³-hybridized carbons (Fsp3) is 0.133. The molecule has 0 fully saturated rings. The number of aromatic nitrogens is 1. The van der Waals surface area contributed by atoms with Gasteiger partial charge in [0.15, 0.2) is 0 Å². The van der Waals surface area contributed by atoms with E-state index < -0.39 is 11.8 Å². The quantitative estimate of drug-likeness (QED) is 0.794. The van der Waals surface area contributed by atoms with E-state index in [0.717, 1.165) is 10.8 Å². The van der Waals surface area contributed by atoms with E-state index in [2.05, 4.69) is 4.98 Å². The second kappa shape index (κ2) is 5.22. The molecule has 1 aliphatic heterocycles. The van der Waals surface area contributed by atoms with Crippen molar-refractivity contribution in [2.45, 2.75) is 6.42 Å². The molecule has 100 valence electrons. The number of hydroxylamine groups is 2. The Balaban J connectivity index is 1.65. The number of carbonyl (C=O) groups is 2. The van der Waals surface area contributed by atoms with Crippen molar-refractivity contribution >= 4 is 11.8 Å². The second-order valence-corrected chi connectivity index (χ2v) is 4.35. The highest BCUT2D eigenvalue weighted by Gasteiger charge is 2.36. The molecular formula is C15H12N2O3. The van der Waals surface area contributed by atoms with Crippen molar-refractivity contribution in [3.63, 3.8) is 0 Å². The molecule has 2 amide bonds. The van der Waals surface area contributed by atoms with Crippen molar-refractivity contribution in [3.05, 3.63) is 65.5 Å². The fourth-order valence-corrected chi connectivity index (χ4v) is 2.07. The van der Waals surface area contributed by atoms with Gasteiger partial charge in [0.05, 0.1) is 17.7 Å². The van der Waals surface area contributed by atoms with Crippen molar-refractivity contribution in [1.29, 1.82) is 0 Å². The van der Waals surface area contributed by atoms with Crippen LogP contribution in [0.4, 0.5) is 0 Å². The molecule has 0 radical (unpaired) electrons. The summed E-state index contributed by atoms with van der Waals surface area (Å²) in [5.41, 5.74) is 1.62. The van der Waals surface area contributed by atoms with Gasteiger partial charge in [-0.25, -0.2) is 0 Å². The van der Waals surface area contributed by atoms with Gasteiger partial charge in [-0.2, -0.15) is 0 Å². The Kier molecular flexibility index (Phi) is 3.26. The molecule has 5 nitrogen and oxygen atoms in total. The largest absolute Gasteiger partial charge is 0.285 e. The molecule has 2 aromatic rings. The molecule has 2 heterocycles. The lowest BCUT2D eigenvalue weighted by atomic mass is 10.1. The molecule has 1 aromatic carbocycles. The molecule has 1 aliphatic rings. The molecule has 0 N–H and O–H groups in total. The van der Waals surface area contributed by atoms with Crippen molar-refractivity contribution in [2.24, 2.45) is 0 Å². The minimum absolute atomic E-state index is 0.225. The van der Waals surface area contributed by atoms with Gasteiger partial charge >= 0.3 is 0 Å². The van der Waals surface area contributed by atoms with Crippen molar-refractivity contribution in [1.82, 2.24) is 10.0 Å². The molecule has 0 spiro atoms. The summed E-state index contributed by atoms with van der Waals surface area (Å²) in [4.78, 5) is 33.5. The van der Waals surface area contributed by atoms with Crippen molar-refractivity contribution < 1.29 is 14.4 Å². The maximum atomic E-state index is 12.0. The number of fused-ring (bicyclic) bond motifs is 1. The van der Waals surface area contributed by atoms with Crippen LogP contribution < -0.4 is 0 Å². The Morgan fingerprint density at radius 1 is 0.950 bits per heavy atom. The van der Waals surface area contributed by atoms with Gasteiger partial charge in [-0.1, -0.05) is 18.2 Å². The Morgan fingerprint density at radius 3 is 2.20 bits per heavy atom. The van der Waals surface area contributed by atoms with E-state index in [4.69, 9.17) is 4.84 Å². The minimum atomic E-state index is -0.411. The Morgan fingerprint density at radius 2 is 1.60 bits per heavy atom. The number of hydrogen-bond donors (Lipinski definition) is 0. The molecule has 0 saturated carbocycles. The Labute approximate surface area is 115 Å². The molecule has 1 aromatic heterocycles. The SMILES string of the molecule is O=C1c2ccccc2C(=O)N1OCCc1ccccn1. The number of carbonyl (C=O) groups excluding carboxylic acids is 2. The first kappa shape index (κ1) is 12.5. The number of pyridine rings is 1. The van der Waals surface area contributed by atoms with Crippen LogP contribution in [-0.4, -0.2) is 28.5 Å². The van der Waals surface area contributed by atoms with Crippen LogP contribution >= 0.6 is 0 Å². The van der Waals surface area contributed by atoms with E-state index in [1.54, 1.807) is 30.5 Å². The number of rotatable bonds is 4. The van der Waals surface area contributed by atoms with Gasteiger partial charge < -0.3 is 0 Å². The second-order valence-electron chi connectivity index (χ2n) is 4.35. The molecule has 0 atom stereocenters. The van der Waals surface area contributed by atoms with Gasteiger partial charge in [0.2, 0.25) is 0 Å². The van der Waals surface area contributed by atoms with Crippen LogP contribution in [0, 0.1) is 0 Å². The van der Waals surface area contributed by atoms with Gasteiger partial charge in [0, 0.05) is 18.3 Å². The highest BCUT2D eigenvalue weighted by molar-refractivity contribution is 6.20. The number of benzene rings is 1. The zero-order valence-electron chi connectivity index (χ0n) is 10.7. The third kappa shape index (κ3) is 2.19. The standard InChI is InChI=1S/C15H12N2O3/c18-14-12-6-1-2-7-13(12)15(19)17(14)20-10-8-11-5-3-4-9-16-11/h1-7,9H,8,10H2. The van der Waals surface area contributed by atoms with E-state index >= 15 is 0 Å². The molecule has 0 unspecified atom stereocenters. The van der Waals surface area contributed by atoms with E-state index in [-0.39, 0.29) is 6.61 Å². The Bertz CT molecular complexity index is 620. The number of amides is 2. The zero-order valence-corrected chi connectivity index (χ0v) is 10.7. The minimum Gasteiger partial charge on any atom is -0.266 e. The number of hydrogen-bond acceptors (Lipinski definition) is 4. The normalized spacial score (nSPS) is 13.7. The summed E-state index contributed by atoms with van der Waals surface area (Å²) >= 11 is 0. The van der Waals surface area contributed by atoms with E-state index in [1.807, 2.05) is 18.2 Å². The molecule has 3 rings (SSSR count). The van der Waals surface area contributed by atoms with Gasteiger partial charge in [-0.05, 0) is 24.3 Å². The summed E-state index contributed by atoms with van der Waals surface area (Å²) in [6.07, 6.45) is 2.23. The van der Waals surface area contributed by atoms with Crippen LogP contribution in [0.1, 0.15) is 26.4 Å². The van der Waals surface area contributed by atoms with Gasteiger partial charge in [0.1, 0.15) is 0 Å². The third-order valence-electron chi connectivity index (χ3n) is 3.06. The lowest BCUT2D eigenvalue weighted by Gasteiger charge is -2.12. The van der Waals surface area contributed by atoms with Crippen LogP contribution in [0.2, 0.25) is 0 Å². The molecule has 0 bridgehead atoms.